The second kappa shape index (κ2) is 7.77. The third-order valence-electron chi connectivity index (χ3n) is 4.26. The summed E-state index contributed by atoms with van der Waals surface area (Å²) in [5.41, 5.74) is 5.38. The number of ether oxygens (including phenoxy) is 1. The summed E-state index contributed by atoms with van der Waals surface area (Å²) in [5.74, 6) is 0.563. The number of amides is 1. The van der Waals surface area contributed by atoms with Crippen LogP contribution in [-0.2, 0) is 14.8 Å². The Balaban J connectivity index is 1.80. The van der Waals surface area contributed by atoms with Crippen molar-refractivity contribution < 1.29 is 17.9 Å². The fraction of sp³-hybridized carbons (Fsp3) is 0.278. The van der Waals surface area contributed by atoms with E-state index in [0.29, 0.717) is 30.9 Å². The average Bonchev–Trinajstić information content (AvgIpc) is 2.64. The summed E-state index contributed by atoms with van der Waals surface area (Å²) < 4.78 is 33.6. The molecule has 2 aromatic carbocycles. The van der Waals surface area contributed by atoms with Crippen molar-refractivity contribution in [3.05, 3.63) is 53.0 Å². The third-order valence-corrected chi connectivity index (χ3v) is 6.71. The zero-order valence-electron chi connectivity index (χ0n) is 14.0. The molecule has 0 aliphatic carbocycles. The van der Waals surface area contributed by atoms with Crippen molar-refractivity contribution in [1.29, 1.82) is 0 Å². The van der Waals surface area contributed by atoms with E-state index in [2.05, 4.69) is 15.9 Å². The van der Waals surface area contributed by atoms with Crippen LogP contribution in [0.3, 0.4) is 0 Å². The Hall–Kier alpha value is -1.90. The number of hydrogen-bond acceptors (Lipinski definition) is 4. The Morgan fingerprint density at radius 2 is 1.62 bits per heavy atom. The first-order chi connectivity index (χ1) is 12.4. The lowest BCUT2D eigenvalue weighted by Crippen LogP contribution is -2.50. The minimum absolute atomic E-state index is 0.119. The maximum absolute atomic E-state index is 12.9. The molecule has 1 saturated heterocycles. The number of piperidine rings is 1. The van der Waals surface area contributed by atoms with Gasteiger partial charge in [-0.1, -0.05) is 22.4 Å². The SMILES string of the molecule is NC(=O)C1CCCCN1S(=O)(=O)c1ccc(Oc2ccc(Br)cc2)cc1. The van der Waals surface area contributed by atoms with Gasteiger partial charge in [0, 0.05) is 11.0 Å². The van der Waals surface area contributed by atoms with Crippen LogP contribution in [-0.4, -0.2) is 31.2 Å². The van der Waals surface area contributed by atoms with E-state index in [1.165, 1.54) is 16.4 Å². The van der Waals surface area contributed by atoms with Gasteiger partial charge in [0.25, 0.3) is 0 Å². The number of carbonyl (C=O) groups is 1. The van der Waals surface area contributed by atoms with Crippen molar-refractivity contribution >= 4 is 31.9 Å². The Bertz CT molecular complexity index is 882. The molecule has 0 bridgehead atoms. The predicted octanol–water partition coefficient (Wildman–Crippen LogP) is 3.27. The van der Waals surface area contributed by atoms with Crippen molar-refractivity contribution in [1.82, 2.24) is 4.31 Å². The second-order valence-corrected chi connectivity index (χ2v) is 8.86. The summed E-state index contributed by atoms with van der Waals surface area (Å²) in [7, 11) is -3.78. The highest BCUT2D eigenvalue weighted by atomic mass is 79.9. The fourth-order valence-corrected chi connectivity index (χ4v) is 4.86. The molecule has 0 saturated carbocycles. The summed E-state index contributed by atoms with van der Waals surface area (Å²) in [6, 6.07) is 12.7. The van der Waals surface area contributed by atoms with Gasteiger partial charge in [-0.25, -0.2) is 8.42 Å². The normalized spacial score (nSPS) is 18.4. The van der Waals surface area contributed by atoms with Crippen LogP contribution in [0.25, 0.3) is 0 Å². The van der Waals surface area contributed by atoms with Gasteiger partial charge in [0.2, 0.25) is 15.9 Å². The highest BCUT2D eigenvalue weighted by molar-refractivity contribution is 9.10. The Morgan fingerprint density at radius 3 is 2.19 bits per heavy atom. The number of rotatable bonds is 5. The molecule has 1 heterocycles. The molecule has 0 aromatic heterocycles. The summed E-state index contributed by atoms with van der Waals surface area (Å²) in [6.45, 7) is 0.299. The Morgan fingerprint density at radius 1 is 1.04 bits per heavy atom. The molecule has 0 radical (unpaired) electrons. The number of halogens is 1. The molecule has 1 unspecified atom stereocenters. The van der Waals surface area contributed by atoms with E-state index >= 15 is 0 Å². The Labute approximate surface area is 161 Å². The number of sulfonamides is 1. The quantitative estimate of drug-likeness (QED) is 0.775. The predicted molar refractivity (Wildman–Crippen MR) is 101 cm³/mol. The molecule has 2 N–H and O–H groups in total. The number of carbonyl (C=O) groups excluding carboxylic acids is 1. The number of hydrogen-bond donors (Lipinski definition) is 1. The minimum Gasteiger partial charge on any atom is -0.457 e. The monoisotopic (exact) mass is 438 g/mol. The van der Waals surface area contributed by atoms with E-state index in [0.717, 1.165) is 10.9 Å². The van der Waals surface area contributed by atoms with Crippen LogP contribution in [0, 0.1) is 0 Å². The molecule has 6 nitrogen and oxygen atoms in total. The van der Waals surface area contributed by atoms with Crippen molar-refractivity contribution in [2.75, 3.05) is 6.54 Å². The molecule has 1 aliphatic heterocycles. The topological polar surface area (TPSA) is 89.7 Å². The third kappa shape index (κ3) is 4.08. The number of primary amides is 1. The molecular formula is C18H19BrN2O4S. The van der Waals surface area contributed by atoms with Gasteiger partial charge in [-0.3, -0.25) is 4.79 Å². The van der Waals surface area contributed by atoms with E-state index in [1.807, 2.05) is 12.1 Å². The standard InChI is InChI=1S/C18H19BrN2O4S/c19-13-4-6-14(7-5-13)25-15-8-10-16(11-9-15)26(23,24)21-12-2-1-3-17(21)18(20)22/h4-11,17H,1-3,12H2,(H2,20,22). The summed E-state index contributed by atoms with van der Waals surface area (Å²) >= 11 is 3.36. The van der Waals surface area contributed by atoms with Gasteiger partial charge in [-0.15, -0.1) is 0 Å². The van der Waals surface area contributed by atoms with Crippen LogP contribution in [0.4, 0.5) is 0 Å². The van der Waals surface area contributed by atoms with Crippen molar-refractivity contribution in [2.24, 2.45) is 5.73 Å². The van der Waals surface area contributed by atoms with Gasteiger partial charge >= 0.3 is 0 Å². The lowest BCUT2D eigenvalue weighted by molar-refractivity contribution is -0.122. The number of benzene rings is 2. The molecule has 26 heavy (non-hydrogen) atoms. The van der Waals surface area contributed by atoms with Crippen molar-refractivity contribution in [3.63, 3.8) is 0 Å². The van der Waals surface area contributed by atoms with E-state index in [1.54, 1.807) is 24.3 Å². The Kier molecular flexibility index (Phi) is 5.64. The van der Waals surface area contributed by atoms with Crippen molar-refractivity contribution in [2.45, 2.75) is 30.2 Å². The van der Waals surface area contributed by atoms with Gasteiger partial charge in [0.15, 0.2) is 0 Å². The highest BCUT2D eigenvalue weighted by Gasteiger charge is 2.36. The molecule has 1 atom stereocenters. The highest BCUT2D eigenvalue weighted by Crippen LogP contribution is 2.28. The first-order valence-electron chi connectivity index (χ1n) is 8.22. The molecule has 8 heteroatoms. The van der Waals surface area contributed by atoms with Gasteiger partial charge in [-0.2, -0.15) is 4.31 Å². The molecule has 1 aliphatic rings. The largest absolute Gasteiger partial charge is 0.457 e. The van der Waals surface area contributed by atoms with Gasteiger partial charge in [0.1, 0.15) is 17.5 Å². The van der Waals surface area contributed by atoms with Crippen LogP contribution < -0.4 is 10.5 Å². The maximum Gasteiger partial charge on any atom is 0.243 e. The summed E-state index contributed by atoms with van der Waals surface area (Å²) in [5, 5.41) is 0. The van der Waals surface area contributed by atoms with E-state index < -0.39 is 22.0 Å². The van der Waals surface area contributed by atoms with Gasteiger partial charge in [-0.05, 0) is 61.4 Å². The van der Waals surface area contributed by atoms with E-state index in [-0.39, 0.29) is 4.90 Å². The maximum atomic E-state index is 12.9. The van der Waals surface area contributed by atoms with Crippen LogP contribution in [0.5, 0.6) is 11.5 Å². The van der Waals surface area contributed by atoms with E-state index in [9.17, 15) is 13.2 Å². The summed E-state index contributed by atoms with van der Waals surface area (Å²) in [4.78, 5) is 11.7. The van der Waals surface area contributed by atoms with Crippen molar-refractivity contribution in [3.8, 4) is 11.5 Å². The molecular weight excluding hydrogens is 420 g/mol. The molecule has 2 aromatic rings. The minimum atomic E-state index is -3.78. The number of nitrogens with zero attached hydrogens (tertiary/aromatic N) is 1. The smallest absolute Gasteiger partial charge is 0.243 e. The lowest BCUT2D eigenvalue weighted by atomic mass is 10.0. The van der Waals surface area contributed by atoms with Crippen LogP contribution >= 0.6 is 15.9 Å². The molecule has 138 valence electrons. The zero-order chi connectivity index (χ0) is 18.7. The van der Waals surface area contributed by atoms with Crippen LogP contribution in [0.15, 0.2) is 57.9 Å². The van der Waals surface area contributed by atoms with Gasteiger partial charge in [0.05, 0.1) is 4.90 Å². The fourth-order valence-electron chi connectivity index (χ4n) is 2.93. The number of nitrogens with two attached hydrogens (primary N) is 1. The second-order valence-electron chi connectivity index (χ2n) is 6.06. The summed E-state index contributed by atoms with van der Waals surface area (Å²) in [6.07, 6.45) is 1.96. The molecule has 1 fully saturated rings. The first-order valence-corrected chi connectivity index (χ1v) is 10.5. The van der Waals surface area contributed by atoms with E-state index in [4.69, 9.17) is 10.5 Å². The molecule has 3 rings (SSSR count). The van der Waals surface area contributed by atoms with Gasteiger partial charge < -0.3 is 10.5 Å². The first kappa shape index (κ1) is 18.9. The lowest BCUT2D eigenvalue weighted by Gasteiger charge is -2.32. The van der Waals surface area contributed by atoms with Crippen LogP contribution in [0.1, 0.15) is 19.3 Å². The average molecular weight is 439 g/mol. The molecule has 0 spiro atoms. The zero-order valence-corrected chi connectivity index (χ0v) is 16.4. The molecule has 1 amide bonds. The van der Waals surface area contributed by atoms with Crippen LogP contribution in [0.2, 0.25) is 0 Å².